The molecule has 3 aromatic heterocycles. The number of hydrogen-bond acceptors (Lipinski definition) is 6. The minimum atomic E-state index is -0.204. The largest absolute Gasteiger partial charge is 0.337 e. The lowest BCUT2D eigenvalue weighted by Crippen LogP contribution is -2.09. The van der Waals surface area contributed by atoms with Crippen molar-refractivity contribution in [3.63, 3.8) is 0 Å². The van der Waals surface area contributed by atoms with Crippen LogP contribution in [0, 0.1) is 0 Å². The maximum atomic E-state index is 11.7. The van der Waals surface area contributed by atoms with Gasteiger partial charge in [0.2, 0.25) is 5.89 Å². The molecule has 22 heavy (non-hydrogen) atoms. The van der Waals surface area contributed by atoms with E-state index >= 15 is 0 Å². The zero-order valence-electron chi connectivity index (χ0n) is 12.0. The van der Waals surface area contributed by atoms with Crippen molar-refractivity contribution in [1.82, 2.24) is 29.9 Å². The molecule has 0 saturated heterocycles. The van der Waals surface area contributed by atoms with Crippen LogP contribution >= 0.6 is 0 Å². The molecule has 0 aromatic carbocycles. The Morgan fingerprint density at radius 2 is 2.18 bits per heavy atom. The van der Waals surface area contributed by atoms with Gasteiger partial charge >= 0.3 is 0 Å². The van der Waals surface area contributed by atoms with E-state index < -0.39 is 0 Å². The number of aromatic nitrogens is 6. The highest BCUT2D eigenvalue weighted by atomic mass is 16.5. The molecule has 0 unspecified atom stereocenters. The van der Waals surface area contributed by atoms with Crippen LogP contribution in [0.4, 0.5) is 0 Å². The molecule has 0 atom stereocenters. The summed E-state index contributed by atoms with van der Waals surface area (Å²) in [4.78, 5) is 22.8. The topological polar surface area (TPSA) is 102 Å². The highest BCUT2D eigenvalue weighted by molar-refractivity contribution is 5.72. The Morgan fingerprint density at radius 1 is 1.32 bits per heavy atom. The van der Waals surface area contributed by atoms with Crippen molar-refractivity contribution >= 4 is 11.0 Å². The molecule has 8 heteroatoms. The molecule has 0 amide bonds. The van der Waals surface area contributed by atoms with E-state index in [9.17, 15) is 4.79 Å². The van der Waals surface area contributed by atoms with Gasteiger partial charge in [0.15, 0.2) is 11.5 Å². The third-order valence-corrected chi connectivity index (χ3v) is 4.18. The fraction of sp³-hybridized carbons (Fsp3) is 0.500. The number of nitrogens with one attached hydrogen (secondary N) is 1. The summed E-state index contributed by atoms with van der Waals surface area (Å²) in [6, 6.07) is 0. The molecular formula is C14H16N6O2. The zero-order chi connectivity index (χ0) is 14.9. The highest BCUT2D eigenvalue weighted by Gasteiger charge is 2.21. The first-order chi connectivity index (χ1) is 10.8. The summed E-state index contributed by atoms with van der Waals surface area (Å²) < 4.78 is 6.93. The summed E-state index contributed by atoms with van der Waals surface area (Å²) in [5, 5.41) is 8.74. The molecule has 0 bridgehead atoms. The average molecular weight is 300 g/mol. The molecule has 0 aliphatic heterocycles. The van der Waals surface area contributed by atoms with Crippen LogP contribution in [0.15, 0.2) is 21.8 Å². The molecule has 0 spiro atoms. The van der Waals surface area contributed by atoms with Crippen LogP contribution in [0.2, 0.25) is 0 Å². The summed E-state index contributed by atoms with van der Waals surface area (Å²) >= 11 is 0. The van der Waals surface area contributed by atoms with Crippen LogP contribution in [-0.2, 0) is 6.54 Å². The Hall–Kier alpha value is -2.51. The Bertz CT molecular complexity index is 842. The molecule has 1 aliphatic rings. The SMILES string of the molecule is O=c1[nH]cnc2c1cnn2Cc1nc(C2CCCCC2)no1. The molecule has 8 nitrogen and oxygen atoms in total. The first-order valence-corrected chi connectivity index (χ1v) is 7.53. The van der Waals surface area contributed by atoms with E-state index in [1.807, 2.05) is 0 Å². The van der Waals surface area contributed by atoms with Crippen LogP contribution in [-0.4, -0.2) is 29.9 Å². The standard InChI is InChI=1S/C14H16N6O2/c21-14-10-6-17-20(13(10)15-8-16-14)7-11-18-12(19-22-11)9-4-2-1-3-5-9/h6,8-9H,1-5,7H2,(H,15,16,21). The van der Waals surface area contributed by atoms with Crippen molar-refractivity contribution in [2.75, 3.05) is 0 Å². The smallest absolute Gasteiger partial charge is 0.261 e. The summed E-state index contributed by atoms with van der Waals surface area (Å²) in [5.74, 6) is 1.69. The highest BCUT2D eigenvalue weighted by Crippen LogP contribution is 2.30. The first-order valence-electron chi connectivity index (χ1n) is 7.53. The van der Waals surface area contributed by atoms with Gasteiger partial charge in [0, 0.05) is 5.92 Å². The average Bonchev–Trinajstić information content (AvgIpc) is 3.17. The number of nitrogens with zero attached hydrogens (tertiary/aromatic N) is 5. The molecule has 0 radical (unpaired) electrons. The van der Waals surface area contributed by atoms with E-state index in [0.29, 0.717) is 29.4 Å². The molecule has 3 aromatic rings. The molecule has 114 valence electrons. The Balaban J connectivity index is 1.59. The van der Waals surface area contributed by atoms with Crippen LogP contribution < -0.4 is 5.56 Å². The molecular weight excluding hydrogens is 284 g/mol. The van der Waals surface area contributed by atoms with Gasteiger partial charge in [-0.25, -0.2) is 9.67 Å². The third kappa shape index (κ3) is 2.30. The maximum absolute atomic E-state index is 11.7. The van der Waals surface area contributed by atoms with Crippen molar-refractivity contribution in [2.24, 2.45) is 0 Å². The van der Waals surface area contributed by atoms with Gasteiger partial charge in [-0.2, -0.15) is 10.1 Å². The number of H-pyrrole nitrogens is 1. The number of aromatic amines is 1. The minimum Gasteiger partial charge on any atom is -0.337 e. The van der Waals surface area contributed by atoms with Crippen molar-refractivity contribution in [2.45, 2.75) is 44.6 Å². The normalized spacial score (nSPS) is 16.4. The van der Waals surface area contributed by atoms with Gasteiger partial charge < -0.3 is 9.51 Å². The van der Waals surface area contributed by atoms with Gasteiger partial charge in [0.1, 0.15) is 11.9 Å². The van der Waals surface area contributed by atoms with Gasteiger partial charge in [-0.05, 0) is 12.8 Å². The quantitative estimate of drug-likeness (QED) is 0.788. The molecule has 1 aliphatic carbocycles. The lowest BCUT2D eigenvalue weighted by Gasteiger charge is -2.17. The van der Waals surface area contributed by atoms with Gasteiger partial charge in [0.05, 0.1) is 12.5 Å². The number of fused-ring (bicyclic) bond motifs is 1. The van der Waals surface area contributed by atoms with Crippen LogP contribution in [0.25, 0.3) is 11.0 Å². The lowest BCUT2D eigenvalue weighted by atomic mass is 9.89. The lowest BCUT2D eigenvalue weighted by molar-refractivity contribution is 0.350. The summed E-state index contributed by atoms with van der Waals surface area (Å²) in [5.41, 5.74) is 0.311. The monoisotopic (exact) mass is 300 g/mol. The van der Waals surface area contributed by atoms with Crippen LogP contribution in [0.5, 0.6) is 0 Å². The molecule has 1 fully saturated rings. The Morgan fingerprint density at radius 3 is 3.05 bits per heavy atom. The van der Waals surface area contributed by atoms with E-state index in [4.69, 9.17) is 4.52 Å². The molecule has 1 saturated carbocycles. The summed E-state index contributed by atoms with van der Waals surface area (Å²) in [7, 11) is 0. The van der Waals surface area contributed by atoms with Crippen LogP contribution in [0.3, 0.4) is 0 Å². The Kier molecular flexibility index (Phi) is 3.21. The summed E-state index contributed by atoms with van der Waals surface area (Å²) in [6.07, 6.45) is 8.86. The second-order valence-corrected chi connectivity index (χ2v) is 5.65. The minimum absolute atomic E-state index is 0.204. The van der Waals surface area contributed by atoms with Crippen molar-refractivity contribution < 1.29 is 4.52 Å². The fourth-order valence-corrected chi connectivity index (χ4v) is 3.01. The third-order valence-electron chi connectivity index (χ3n) is 4.18. The van der Waals surface area contributed by atoms with E-state index in [0.717, 1.165) is 18.7 Å². The van der Waals surface area contributed by atoms with Crippen LogP contribution in [0.1, 0.15) is 49.7 Å². The maximum Gasteiger partial charge on any atom is 0.261 e. The van der Waals surface area contributed by atoms with Gasteiger partial charge in [-0.3, -0.25) is 4.79 Å². The first kappa shape index (κ1) is 13.2. The van der Waals surface area contributed by atoms with Crippen molar-refractivity contribution in [1.29, 1.82) is 0 Å². The summed E-state index contributed by atoms with van der Waals surface area (Å²) in [6.45, 7) is 0.319. The Labute approximate surface area is 125 Å². The van der Waals surface area contributed by atoms with E-state index in [2.05, 4.69) is 25.2 Å². The second kappa shape index (κ2) is 5.36. The van der Waals surface area contributed by atoms with E-state index in [1.165, 1.54) is 31.8 Å². The predicted octanol–water partition coefficient (Wildman–Crippen LogP) is 1.60. The van der Waals surface area contributed by atoms with Gasteiger partial charge in [0.25, 0.3) is 5.56 Å². The predicted molar refractivity (Wildman–Crippen MR) is 77.4 cm³/mol. The number of rotatable bonds is 3. The number of hydrogen-bond donors (Lipinski definition) is 1. The van der Waals surface area contributed by atoms with Gasteiger partial charge in [-0.15, -0.1) is 0 Å². The zero-order valence-corrected chi connectivity index (χ0v) is 12.0. The van der Waals surface area contributed by atoms with Crippen molar-refractivity contribution in [3.05, 3.63) is 34.6 Å². The fourth-order valence-electron chi connectivity index (χ4n) is 3.01. The van der Waals surface area contributed by atoms with E-state index in [1.54, 1.807) is 4.68 Å². The van der Waals surface area contributed by atoms with Crippen molar-refractivity contribution in [3.8, 4) is 0 Å². The molecule has 1 N–H and O–H groups in total. The van der Waals surface area contributed by atoms with E-state index in [-0.39, 0.29) is 5.56 Å². The second-order valence-electron chi connectivity index (χ2n) is 5.65. The molecule has 3 heterocycles. The molecule has 4 rings (SSSR count). The van der Waals surface area contributed by atoms with Gasteiger partial charge in [-0.1, -0.05) is 24.4 Å².